The van der Waals surface area contributed by atoms with Crippen molar-refractivity contribution in [3.05, 3.63) is 35.4 Å². The summed E-state index contributed by atoms with van der Waals surface area (Å²) in [4.78, 5) is 7.35. The molecule has 1 unspecified atom stereocenters. The van der Waals surface area contributed by atoms with Crippen molar-refractivity contribution >= 4 is 5.96 Å². The molecule has 0 bridgehead atoms. The molecule has 26 heavy (non-hydrogen) atoms. The van der Waals surface area contributed by atoms with Gasteiger partial charge in [-0.2, -0.15) is 5.26 Å². The topological polar surface area (TPSA) is 63.5 Å². The third kappa shape index (κ3) is 5.47. The summed E-state index contributed by atoms with van der Waals surface area (Å²) in [7, 11) is 0. The number of hydrogen-bond acceptors (Lipinski definition) is 3. The van der Waals surface area contributed by atoms with Crippen LogP contribution >= 0.6 is 0 Å². The lowest BCUT2D eigenvalue weighted by atomic mass is 10.1. The molecule has 2 N–H and O–H groups in total. The number of nitrogens with one attached hydrogen (secondary N) is 2. The van der Waals surface area contributed by atoms with E-state index in [4.69, 9.17) is 10.3 Å². The normalized spacial score (nSPS) is 21.7. The van der Waals surface area contributed by atoms with E-state index in [1.54, 1.807) is 0 Å². The van der Waals surface area contributed by atoms with Crippen molar-refractivity contribution in [1.29, 1.82) is 5.26 Å². The Morgan fingerprint density at radius 2 is 2.00 bits per heavy atom. The zero-order valence-corrected chi connectivity index (χ0v) is 15.9. The molecule has 1 saturated heterocycles. The van der Waals surface area contributed by atoms with Crippen LogP contribution in [0, 0.1) is 17.2 Å². The minimum Gasteiger partial charge on any atom is -0.357 e. The summed E-state index contributed by atoms with van der Waals surface area (Å²) in [6.07, 6.45) is 6.88. The maximum Gasteiger partial charge on any atom is 0.191 e. The molecule has 1 aromatic rings. The van der Waals surface area contributed by atoms with Gasteiger partial charge in [-0.1, -0.05) is 25.0 Å². The molecule has 0 aromatic heterocycles. The number of benzene rings is 1. The van der Waals surface area contributed by atoms with Gasteiger partial charge in [-0.25, -0.2) is 4.99 Å². The van der Waals surface area contributed by atoms with E-state index in [1.807, 2.05) is 24.3 Å². The van der Waals surface area contributed by atoms with Crippen LogP contribution in [0.15, 0.2) is 29.3 Å². The Hall–Kier alpha value is -2.06. The molecule has 2 fully saturated rings. The first-order valence-corrected chi connectivity index (χ1v) is 10.0. The third-order valence-corrected chi connectivity index (χ3v) is 5.45. The van der Waals surface area contributed by atoms with Gasteiger partial charge in [0.15, 0.2) is 5.96 Å². The average Bonchev–Trinajstić information content (AvgIpc) is 3.33. The molecule has 0 radical (unpaired) electrons. The van der Waals surface area contributed by atoms with Gasteiger partial charge in [-0.3, -0.25) is 0 Å². The number of aliphatic imine (C=N–C) groups is 1. The van der Waals surface area contributed by atoms with Crippen LogP contribution < -0.4 is 10.6 Å². The Labute approximate surface area is 157 Å². The minimum atomic E-state index is 0.482. The summed E-state index contributed by atoms with van der Waals surface area (Å²) in [5.74, 6) is 1.82. The lowest BCUT2D eigenvalue weighted by Crippen LogP contribution is -2.44. The molecule has 3 rings (SSSR count). The predicted molar refractivity (Wildman–Crippen MR) is 106 cm³/mol. The highest BCUT2D eigenvalue weighted by molar-refractivity contribution is 5.80. The van der Waals surface area contributed by atoms with Crippen LogP contribution in [0.3, 0.4) is 0 Å². The molecule has 5 heteroatoms. The fourth-order valence-corrected chi connectivity index (χ4v) is 4.04. The largest absolute Gasteiger partial charge is 0.357 e. The zero-order chi connectivity index (χ0) is 18.2. The highest BCUT2D eigenvalue weighted by atomic mass is 15.2. The van der Waals surface area contributed by atoms with Crippen LogP contribution in [-0.2, 0) is 6.54 Å². The number of nitrogens with zero attached hydrogens (tertiary/aromatic N) is 3. The van der Waals surface area contributed by atoms with E-state index in [0.717, 1.165) is 30.5 Å². The standard InChI is InChI=1S/C21H31N5/c1-2-23-21(24-14-18-9-7-17(13-22)8-10-18)25-20-11-12-26(16-20)15-19-5-3-4-6-19/h7-10,19-20H,2-6,11-12,14-16H2,1H3,(H2,23,24,25). The number of likely N-dealkylation sites (tertiary alicyclic amines) is 1. The van der Waals surface area contributed by atoms with Crippen molar-refractivity contribution in [3.8, 4) is 6.07 Å². The van der Waals surface area contributed by atoms with Crippen LogP contribution in [0.2, 0.25) is 0 Å². The van der Waals surface area contributed by atoms with Crippen molar-refractivity contribution in [2.75, 3.05) is 26.2 Å². The average molecular weight is 354 g/mol. The van der Waals surface area contributed by atoms with Crippen molar-refractivity contribution in [1.82, 2.24) is 15.5 Å². The number of hydrogen-bond donors (Lipinski definition) is 2. The molecule has 1 heterocycles. The molecule has 1 aliphatic carbocycles. The lowest BCUT2D eigenvalue weighted by Gasteiger charge is -2.21. The van der Waals surface area contributed by atoms with E-state index in [2.05, 4.69) is 28.5 Å². The number of guanidine groups is 1. The molecule has 1 atom stereocenters. The second kappa shape index (κ2) is 9.59. The summed E-state index contributed by atoms with van der Waals surface area (Å²) in [5, 5.41) is 15.9. The SMILES string of the molecule is CCNC(=NCc1ccc(C#N)cc1)NC1CCN(CC2CCCC2)C1. The molecule has 1 aromatic carbocycles. The fraction of sp³-hybridized carbons (Fsp3) is 0.619. The van der Waals surface area contributed by atoms with E-state index in [-0.39, 0.29) is 0 Å². The quantitative estimate of drug-likeness (QED) is 0.610. The number of rotatable bonds is 6. The highest BCUT2D eigenvalue weighted by Crippen LogP contribution is 2.26. The van der Waals surface area contributed by atoms with E-state index < -0.39 is 0 Å². The van der Waals surface area contributed by atoms with Gasteiger partial charge in [0.05, 0.1) is 18.2 Å². The Kier molecular flexibility index (Phi) is 6.90. The predicted octanol–water partition coefficient (Wildman–Crippen LogP) is 2.88. The maximum atomic E-state index is 8.89. The number of nitriles is 1. The highest BCUT2D eigenvalue weighted by Gasteiger charge is 2.26. The molecular weight excluding hydrogens is 322 g/mol. The van der Waals surface area contributed by atoms with Gasteiger partial charge in [0.25, 0.3) is 0 Å². The summed E-state index contributed by atoms with van der Waals surface area (Å²) < 4.78 is 0. The van der Waals surface area contributed by atoms with Crippen LogP contribution in [0.25, 0.3) is 0 Å². The van der Waals surface area contributed by atoms with Crippen LogP contribution in [0.4, 0.5) is 0 Å². The molecule has 5 nitrogen and oxygen atoms in total. The van der Waals surface area contributed by atoms with Crippen LogP contribution in [0.5, 0.6) is 0 Å². The summed E-state index contributed by atoms with van der Waals surface area (Å²) in [6, 6.07) is 10.3. The second-order valence-corrected chi connectivity index (χ2v) is 7.54. The first-order chi connectivity index (χ1) is 12.8. The first-order valence-electron chi connectivity index (χ1n) is 10.0. The second-order valence-electron chi connectivity index (χ2n) is 7.54. The zero-order valence-electron chi connectivity index (χ0n) is 15.9. The molecule has 1 aliphatic heterocycles. The fourth-order valence-electron chi connectivity index (χ4n) is 4.04. The van der Waals surface area contributed by atoms with Crippen molar-refractivity contribution < 1.29 is 0 Å². The summed E-state index contributed by atoms with van der Waals surface area (Å²) in [5.41, 5.74) is 1.81. The van der Waals surface area contributed by atoms with Crippen LogP contribution in [0.1, 0.15) is 50.2 Å². The molecule has 0 spiro atoms. The molecule has 1 saturated carbocycles. The van der Waals surface area contributed by atoms with Crippen molar-refractivity contribution in [3.63, 3.8) is 0 Å². The summed E-state index contributed by atoms with van der Waals surface area (Å²) >= 11 is 0. The first kappa shape index (κ1) is 18.7. The minimum absolute atomic E-state index is 0.482. The monoisotopic (exact) mass is 353 g/mol. The van der Waals surface area contributed by atoms with E-state index >= 15 is 0 Å². The molecular formula is C21H31N5. The Bertz CT molecular complexity index is 625. The third-order valence-electron chi connectivity index (χ3n) is 5.45. The summed E-state index contributed by atoms with van der Waals surface area (Å²) in [6.45, 7) is 7.18. The Morgan fingerprint density at radius 3 is 2.69 bits per heavy atom. The van der Waals surface area contributed by atoms with Gasteiger partial charge in [0, 0.05) is 32.2 Å². The van der Waals surface area contributed by atoms with E-state index in [9.17, 15) is 0 Å². The molecule has 0 amide bonds. The smallest absolute Gasteiger partial charge is 0.191 e. The van der Waals surface area contributed by atoms with Crippen molar-refractivity contribution in [2.24, 2.45) is 10.9 Å². The van der Waals surface area contributed by atoms with Gasteiger partial charge >= 0.3 is 0 Å². The molecule has 2 aliphatic rings. The van der Waals surface area contributed by atoms with Gasteiger partial charge in [-0.15, -0.1) is 0 Å². The van der Waals surface area contributed by atoms with E-state index in [1.165, 1.54) is 45.2 Å². The maximum absolute atomic E-state index is 8.89. The van der Waals surface area contributed by atoms with Gasteiger partial charge < -0.3 is 15.5 Å². The molecule has 140 valence electrons. The Balaban J connectivity index is 1.50. The van der Waals surface area contributed by atoms with Crippen LogP contribution in [-0.4, -0.2) is 43.1 Å². The van der Waals surface area contributed by atoms with Gasteiger partial charge in [0.2, 0.25) is 0 Å². The lowest BCUT2D eigenvalue weighted by molar-refractivity contribution is 0.275. The van der Waals surface area contributed by atoms with Gasteiger partial charge in [0.1, 0.15) is 0 Å². The van der Waals surface area contributed by atoms with Gasteiger partial charge in [-0.05, 0) is 49.8 Å². The van der Waals surface area contributed by atoms with E-state index in [0.29, 0.717) is 18.2 Å². The van der Waals surface area contributed by atoms with Crippen molar-refractivity contribution in [2.45, 2.75) is 51.6 Å². The Morgan fingerprint density at radius 1 is 1.23 bits per heavy atom.